The maximum absolute atomic E-state index is 5.30. The lowest BCUT2D eigenvalue weighted by atomic mass is 10.1. The molecule has 0 aliphatic heterocycles. The molecule has 1 aromatic carbocycles. The van der Waals surface area contributed by atoms with Crippen molar-refractivity contribution in [2.75, 3.05) is 27.2 Å². The van der Waals surface area contributed by atoms with E-state index in [-0.39, 0.29) is 0 Å². The molecule has 0 heterocycles. The fourth-order valence-electron chi connectivity index (χ4n) is 1.28. The van der Waals surface area contributed by atoms with Crippen molar-refractivity contribution in [3.63, 3.8) is 0 Å². The number of nitrogens with zero attached hydrogens (tertiary/aromatic N) is 1. The molecule has 1 aromatic rings. The van der Waals surface area contributed by atoms with Crippen LogP contribution >= 0.6 is 12.2 Å². The van der Waals surface area contributed by atoms with Gasteiger partial charge in [0, 0.05) is 18.7 Å². The van der Waals surface area contributed by atoms with Crippen LogP contribution in [0.15, 0.2) is 24.3 Å². The molecule has 3 heteroatoms. The largest absolute Gasteiger partial charge is 0.375 e. The van der Waals surface area contributed by atoms with Gasteiger partial charge in [-0.25, -0.2) is 0 Å². The Balaban J connectivity index is 2.47. The van der Waals surface area contributed by atoms with E-state index in [4.69, 9.17) is 12.2 Å². The van der Waals surface area contributed by atoms with Crippen LogP contribution in [-0.2, 0) is 0 Å². The Morgan fingerprint density at radius 1 is 1.40 bits per heavy atom. The fourth-order valence-corrected chi connectivity index (χ4v) is 1.51. The van der Waals surface area contributed by atoms with Crippen LogP contribution in [0.25, 0.3) is 0 Å². The van der Waals surface area contributed by atoms with Crippen LogP contribution in [0, 0.1) is 6.92 Å². The monoisotopic (exact) mass is 222 g/mol. The van der Waals surface area contributed by atoms with Crippen LogP contribution in [0.4, 0.5) is 0 Å². The summed E-state index contributed by atoms with van der Waals surface area (Å²) in [4.78, 5) is 2.96. The quantitative estimate of drug-likeness (QED) is 0.782. The summed E-state index contributed by atoms with van der Waals surface area (Å²) in [5.74, 6) is 0. The third-order valence-electron chi connectivity index (χ3n) is 2.12. The van der Waals surface area contributed by atoms with Crippen molar-refractivity contribution >= 4 is 17.2 Å². The zero-order chi connectivity index (χ0) is 11.3. The Labute approximate surface area is 97.3 Å². The molecule has 0 radical (unpaired) electrons. The summed E-state index contributed by atoms with van der Waals surface area (Å²) in [7, 11) is 4.11. The van der Waals surface area contributed by atoms with Gasteiger partial charge >= 0.3 is 0 Å². The number of hydrogen-bond acceptors (Lipinski definition) is 2. The highest BCUT2D eigenvalue weighted by Gasteiger charge is 2.00. The van der Waals surface area contributed by atoms with Crippen molar-refractivity contribution in [3.05, 3.63) is 35.4 Å². The summed E-state index contributed by atoms with van der Waals surface area (Å²) in [6.07, 6.45) is 0. The number of likely N-dealkylation sites (N-methyl/N-ethyl adjacent to an activating group) is 1. The molecule has 2 nitrogen and oxygen atoms in total. The van der Waals surface area contributed by atoms with Gasteiger partial charge in [0.15, 0.2) is 0 Å². The van der Waals surface area contributed by atoms with E-state index in [1.165, 1.54) is 5.56 Å². The minimum atomic E-state index is 0.834. The fraction of sp³-hybridized carbons (Fsp3) is 0.417. The molecular formula is C12H18N2S. The van der Waals surface area contributed by atoms with Crippen molar-refractivity contribution in [3.8, 4) is 0 Å². The first-order valence-electron chi connectivity index (χ1n) is 5.09. The summed E-state index contributed by atoms with van der Waals surface area (Å²) < 4.78 is 0. The number of aryl methyl sites for hydroxylation is 1. The number of benzene rings is 1. The Morgan fingerprint density at radius 3 is 2.73 bits per heavy atom. The molecular weight excluding hydrogens is 204 g/mol. The minimum absolute atomic E-state index is 0.834. The van der Waals surface area contributed by atoms with Crippen LogP contribution in [0.2, 0.25) is 0 Å². The molecule has 0 spiro atoms. The molecule has 0 atom stereocenters. The van der Waals surface area contributed by atoms with E-state index >= 15 is 0 Å². The summed E-state index contributed by atoms with van der Waals surface area (Å²) in [6, 6.07) is 8.25. The topological polar surface area (TPSA) is 15.3 Å². The SMILES string of the molecule is Cc1cccc(C(=S)NCCN(C)C)c1. The van der Waals surface area contributed by atoms with Crippen LogP contribution in [-0.4, -0.2) is 37.1 Å². The van der Waals surface area contributed by atoms with Crippen LogP contribution in [0.3, 0.4) is 0 Å². The predicted octanol–water partition coefficient (Wildman–Crippen LogP) is 1.82. The number of thiocarbonyl (C=S) groups is 1. The first-order valence-corrected chi connectivity index (χ1v) is 5.50. The van der Waals surface area contributed by atoms with E-state index in [0.717, 1.165) is 23.6 Å². The van der Waals surface area contributed by atoms with Crippen molar-refractivity contribution in [2.45, 2.75) is 6.92 Å². The van der Waals surface area contributed by atoms with E-state index in [0.29, 0.717) is 0 Å². The van der Waals surface area contributed by atoms with Gasteiger partial charge in [0.25, 0.3) is 0 Å². The summed E-state index contributed by atoms with van der Waals surface area (Å²) in [5, 5.41) is 3.25. The second-order valence-electron chi connectivity index (χ2n) is 3.93. The molecule has 0 aliphatic rings. The maximum Gasteiger partial charge on any atom is 0.106 e. The van der Waals surface area contributed by atoms with Crippen LogP contribution in [0.5, 0.6) is 0 Å². The number of rotatable bonds is 4. The second kappa shape index (κ2) is 5.83. The summed E-state index contributed by atoms with van der Waals surface area (Å²) >= 11 is 5.30. The predicted molar refractivity (Wildman–Crippen MR) is 69.4 cm³/mol. The first-order chi connectivity index (χ1) is 7.09. The van der Waals surface area contributed by atoms with Crippen molar-refractivity contribution in [1.29, 1.82) is 0 Å². The van der Waals surface area contributed by atoms with Crippen molar-refractivity contribution < 1.29 is 0 Å². The Hall–Kier alpha value is -0.930. The average molecular weight is 222 g/mol. The standard InChI is InChI=1S/C12H18N2S/c1-10-5-4-6-11(9-10)12(15)13-7-8-14(2)3/h4-6,9H,7-8H2,1-3H3,(H,13,15). The molecule has 0 amide bonds. The lowest BCUT2D eigenvalue weighted by Crippen LogP contribution is -2.30. The smallest absolute Gasteiger partial charge is 0.106 e. The Morgan fingerprint density at radius 2 is 2.13 bits per heavy atom. The summed E-state index contributed by atoms with van der Waals surface area (Å²) in [5.41, 5.74) is 2.34. The highest BCUT2D eigenvalue weighted by molar-refractivity contribution is 7.80. The first kappa shape index (κ1) is 12.1. The summed E-state index contributed by atoms with van der Waals surface area (Å²) in [6.45, 7) is 3.96. The van der Waals surface area contributed by atoms with Crippen LogP contribution in [0.1, 0.15) is 11.1 Å². The van der Waals surface area contributed by atoms with Crippen LogP contribution < -0.4 is 5.32 Å². The molecule has 0 aliphatic carbocycles. The molecule has 1 N–H and O–H groups in total. The minimum Gasteiger partial charge on any atom is -0.375 e. The number of hydrogen-bond donors (Lipinski definition) is 1. The molecule has 1 rings (SSSR count). The third kappa shape index (κ3) is 4.40. The molecule has 0 saturated heterocycles. The molecule has 82 valence electrons. The molecule has 0 saturated carbocycles. The Kier molecular flexibility index (Phi) is 4.72. The molecule has 0 aromatic heterocycles. The second-order valence-corrected chi connectivity index (χ2v) is 4.34. The zero-order valence-electron chi connectivity index (χ0n) is 9.58. The van der Waals surface area contributed by atoms with Crippen molar-refractivity contribution in [1.82, 2.24) is 10.2 Å². The molecule has 0 bridgehead atoms. The van der Waals surface area contributed by atoms with E-state index in [9.17, 15) is 0 Å². The lowest BCUT2D eigenvalue weighted by Gasteiger charge is -2.12. The van der Waals surface area contributed by atoms with E-state index in [2.05, 4.69) is 43.4 Å². The molecule has 15 heavy (non-hydrogen) atoms. The van der Waals surface area contributed by atoms with Gasteiger partial charge in [-0.15, -0.1) is 0 Å². The van der Waals surface area contributed by atoms with E-state index in [1.807, 2.05) is 12.1 Å². The van der Waals surface area contributed by atoms with Gasteiger partial charge in [0.2, 0.25) is 0 Å². The zero-order valence-corrected chi connectivity index (χ0v) is 10.4. The van der Waals surface area contributed by atoms with Gasteiger partial charge in [0.1, 0.15) is 4.99 Å². The average Bonchev–Trinajstić information content (AvgIpc) is 2.17. The number of nitrogens with one attached hydrogen (secondary N) is 1. The van der Waals surface area contributed by atoms with Gasteiger partial charge in [-0.2, -0.15) is 0 Å². The molecule has 0 unspecified atom stereocenters. The van der Waals surface area contributed by atoms with Gasteiger partial charge in [0.05, 0.1) is 0 Å². The normalized spacial score (nSPS) is 10.4. The van der Waals surface area contributed by atoms with Gasteiger partial charge in [-0.1, -0.05) is 36.0 Å². The van der Waals surface area contributed by atoms with E-state index < -0.39 is 0 Å². The molecule has 0 fully saturated rings. The highest BCUT2D eigenvalue weighted by atomic mass is 32.1. The maximum atomic E-state index is 5.30. The van der Waals surface area contributed by atoms with E-state index in [1.54, 1.807) is 0 Å². The van der Waals surface area contributed by atoms with Gasteiger partial charge in [-0.05, 0) is 27.1 Å². The third-order valence-corrected chi connectivity index (χ3v) is 2.50. The van der Waals surface area contributed by atoms with Gasteiger partial charge < -0.3 is 10.2 Å². The van der Waals surface area contributed by atoms with Crippen molar-refractivity contribution in [2.24, 2.45) is 0 Å². The van der Waals surface area contributed by atoms with Gasteiger partial charge in [-0.3, -0.25) is 0 Å². The lowest BCUT2D eigenvalue weighted by molar-refractivity contribution is 0.413. The Bertz CT molecular complexity index is 334. The highest BCUT2D eigenvalue weighted by Crippen LogP contribution is 2.04.